The number of hydrogen-bond donors (Lipinski definition) is 0. The van der Waals surface area contributed by atoms with Crippen LogP contribution < -0.4 is 10.5 Å². The molecule has 1 saturated carbocycles. The first-order chi connectivity index (χ1) is 8.50. The van der Waals surface area contributed by atoms with E-state index in [0.717, 1.165) is 11.6 Å². The van der Waals surface area contributed by atoms with Gasteiger partial charge in [0.1, 0.15) is 4.47 Å². The lowest BCUT2D eigenvalue weighted by Gasteiger charge is -2.35. The average molecular weight is 314 g/mol. The monoisotopic (exact) mass is 313 g/mol. The summed E-state index contributed by atoms with van der Waals surface area (Å²) in [6.45, 7) is 2.30. The third-order valence-corrected chi connectivity index (χ3v) is 4.64. The van der Waals surface area contributed by atoms with Gasteiger partial charge in [-0.25, -0.2) is 4.68 Å². The highest BCUT2D eigenvalue weighted by atomic mass is 79.9. The van der Waals surface area contributed by atoms with Crippen molar-refractivity contribution in [3.8, 4) is 0 Å². The summed E-state index contributed by atoms with van der Waals surface area (Å²) in [4.78, 5) is 14.1. The van der Waals surface area contributed by atoms with E-state index in [-0.39, 0.29) is 5.56 Å². The number of nitrogens with zero attached hydrogens (tertiary/aromatic N) is 3. The zero-order chi connectivity index (χ0) is 13.3. The molecule has 1 aromatic heterocycles. The number of aromatic nitrogens is 2. The van der Waals surface area contributed by atoms with Crippen molar-refractivity contribution in [2.24, 2.45) is 13.0 Å². The van der Waals surface area contributed by atoms with E-state index in [2.05, 4.69) is 39.9 Å². The van der Waals surface area contributed by atoms with Gasteiger partial charge in [0.05, 0.1) is 11.9 Å². The first kappa shape index (κ1) is 13.6. The van der Waals surface area contributed by atoms with Crippen LogP contribution in [0.25, 0.3) is 0 Å². The van der Waals surface area contributed by atoms with Gasteiger partial charge in [-0.2, -0.15) is 5.10 Å². The summed E-state index contributed by atoms with van der Waals surface area (Å²) < 4.78 is 1.96. The Hall–Kier alpha value is -0.840. The molecule has 0 aromatic carbocycles. The third-order valence-electron chi connectivity index (χ3n) is 3.90. The minimum Gasteiger partial charge on any atom is -0.369 e. The summed E-state index contributed by atoms with van der Waals surface area (Å²) >= 11 is 3.40. The van der Waals surface area contributed by atoms with Crippen LogP contribution in [-0.4, -0.2) is 22.9 Å². The van der Waals surface area contributed by atoms with Gasteiger partial charge in [0, 0.05) is 20.1 Å². The topological polar surface area (TPSA) is 38.1 Å². The quantitative estimate of drug-likeness (QED) is 0.842. The first-order valence-corrected chi connectivity index (χ1v) is 7.24. The van der Waals surface area contributed by atoms with E-state index in [1.807, 2.05) is 0 Å². The smallest absolute Gasteiger partial charge is 0.282 e. The summed E-state index contributed by atoms with van der Waals surface area (Å²) in [5.41, 5.74) is 0.820. The lowest BCUT2D eigenvalue weighted by molar-refractivity contribution is 0.336. The number of anilines is 1. The maximum atomic E-state index is 11.9. The van der Waals surface area contributed by atoms with Crippen molar-refractivity contribution < 1.29 is 0 Å². The Morgan fingerprint density at radius 3 is 2.89 bits per heavy atom. The summed E-state index contributed by atoms with van der Waals surface area (Å²) in [5, 5.41) is 4.11. The number of halogens is 1. The Bertz CT molecular complexity index is 486. The van der Waals surface area contributed by atoms with Crippen molar-refractivity contribution in [2.45, 2.75) is 38.6 Å². The van der Waals surface area contributed by atoms with Gasteiger partial charge in [-0.05, 0) is 34.7 Å². The third kappa shape index (κ3) is 2.60. The van der Waals surface area contributed by atoms with Crippen LogP contribution in [0, 0.1) is 5.92 Å². The molecule has 0 radical (unpaired) electrons. The second kappa shape index (κ2) is 5.43. The van der Waals surface area contributed by atoms with Gasteiger partial charge < -0.3 is 4.90 Å². The van der Waals surface area contributed by atoms with Gasteiger partial charge in [0.2, 0.25) is 0 Å². The molecule has 1 aliphatic carbocycles. The molecule has 1 heterocycles. The Kier molecular flexibility index (Phi) is 4.10. The molecule has 0 spiro atoms. The number of rotatable bonds is 2. The Morgan fingerprint density at radius 2 is 2.22 bits per heavy atom. The molecule has 1 aliphatic rings. The van der Waals surface area contributed by atoms with E-state index in [1.54, 1.807) is 13.2 Å². The molecule has 2 unspecified atom stereocenters. The second-order valence-electron chi connectivity index (χ2n) is 5.31. The van der Waals surface area contributed by atoms with E-state index in [0.29, 0.717) is 10.5 Å². The van der Waals surface area contributed by atoms with Crippen LogP contribution in [0.5, 0.6) is 0 Å². The predicted octanol–water partition coefficient (Wildman–Crippen LogP) is 2.56. The molecule has 0 bridgehead atoms. The minimum atomic E-state index is -0.0804. The lowest BCUT2D eigenvalue weighted by atomic mass is 9.86. The molecule has 0 aliphatic heterocycles. The van der Waals surface area contributed by atoms with Gasteiger partial charge in [-0.1, -0.05) is 19.8 Å². The fourth-order valence-corrected chi connectivity index (χ4v) is 3.34. The van der Waals surface area contributed by atoms with Crippen molar-refractivity contribution in [2.75, 3.05) is 11.9 Å². The standard InChI is InChI=1S/C13H20BrN3O/c1-9-5-4-6-10(7-9)16(2)11-8-15-17(3)13(18)12(11)14/h8-10H,4-7H2,1-3H3. The van der Waals surface area contributed by atoms with Crippen molar-refractivity contribution >= 4 is 21.6 Å². The molecule has 4 nitrogen and oxygen atoms in total. The van der Waals surface area contributed by atoms with Gasteiger partial charge >= 0.3 is 0 Å². The number of hydrogen-bond acceptors (Lipinski definition) is 3. The highest BCUT2D eigenvalue weighted by molar-refractivity contribution is 9.10. The van der Waals surface area contributed by atoms with Gasteiger partial charge in [-0.3, -0.25) is 4.79 Å². The number of aryl methyl sites for hydroxylation is 1. The molecule has 5 heteroatoms. The molecule has 2 rings (SSSR count). The van der Waals surface area contributed by atoms with E-state index < -0.39 is 0 Å². The van der Waals surface area contributed by atoms with Crippen LogP contribution in [0.4, 0.5) is 5.69 Å². The minimum absolute atomic E-state index is 0.0804. The van der Waals surface area contributed by atoms with Crippen LogP contribution >= 0.6 is 15.9 Å². The van der Waals surface area contributed by atoms with Gasteiger partial charge in [0.15, 0.2) is 0 Å². The van der Waals surface area contributed by atoms with Crippen LogP contribution in [0.3, 0.4) is 0 Å². The molecular weight excluding hydrogens is 294 g/mol. The van der Waals surface area contributed by atoms with E-state index in [9.17, 15) is 4.79 Å². The van der Waals surface area contributed by atoms with Crippen molar-refractivity contribution in [1.29, 1.82) is 0 Å². The molecule has 1 fully saturated rings. The van der Waals surface area contributed by atoms with Crippen LogP contribution in [-0.2, 0) is 7.05 Å². The second-order valence-corrected chi connectivity index (χ2v) is 6.10. The van der Waals surface area contributed by atoms with Crippen molar-refractivity contribution in [3.63, 3.8) is 0 Å². The summed E-state index contributed by atoms with van der Waals surface area (Å²) in [7, 11) is 3.73. The van der Waals surface area contributed by atoms with Crippen molar-refractivity contribution in [1.82, 2.24) is 9.78 Å². The van der Waals surface area contributed by atoms with Crippen molar-refractivity contribution in [3.05, 3.63) is 21.0 Å². The molecular formula is C13H20BrN3O. The Morgan fingerprint density at radius 1 is 1.50 bits per heavy atom. The fraction of sp³-hybridized carbons (Fsp3) is 0.692. The largest absolute Gasteiger partial charge is 0.369 e. The molecule has 0 N–H and O–H groups in total. The van der Waals surface area contributed by atoms with E-state index in [4.69, 9.17) is 0 Å². The predicted molar refractivity (Wildman–Crippen MR) is 77.0 cm³/mol. The average Bonchev–Trinajstić information content (AvgIpc) is 2.35. The lowest BCUT2D eigenvalue weighted by Crippen LogP contribution is -2.37. The maximum Gasteiger partial charge on any atom is 0.282 e. The van der Waals surface area contributed by atoms with Crippen LogP contribution in [0.1, 0.15) is 32.6 Å². The van der Waals surface area contributed by atoms with Crippen LogP contribution in [0.15, 0.2) is 15.5 Å². The highest BCUT2D eigenvalue weighted by Crippen LogP contribution is 2.31. The van der Waals surface area contributed by atoms with Gasteiger partial charge in [0.25, 0.3) is 5.56 Å². The molecule has 0 amide bonds. The normalized spacial score (nSPS) is 24.0. The molecule has 18 heavy (non-hydrogen) atoms. The van der Waals surface area contributed by atoms with Gasteiger partial charge in [-0.15, -0.1) is 0 Å². The zero-order valence-corrected chi connectivity index (χ0v) is 12.8. The molecule has 0 saturated heterocycles. The molecule has 1 aromatic rings. The van der Waals surface area contributed by atoms with E-state index in [1.165, 1.54) is 30.4 Å². The molecule has 100 valence electrons. The maximum absolute atomic E-state index is 11.9. The SMILES string of the molecule is CC1CCCC(N(C)c2cnn(C)c(=O)c2Br)C1. The van der Waals surface area contributed by atoms with Crippen LogP contribution in [0.2, 0.25) is 0 Å². The summed E-state index contributed by atoms with van der Waals surface area (Å²) in [6, 6.07) is 0.513. The summed E-state index contributed by atoms with van der Waals surface area (Å²) in [5.74, 6) is 0.768. The zero-order valence-electron chi connectivity index (χ0n) is 11.2. The van der Waals surface area contributed by atoms with E-state index >= 15 is 0 Å². The summed E-state index contributed by atoms with van der Waals surface area (Å²) in [6.07, 6.45) is 6.75. The Balaban J connectivity index is 2.26. The first-order valence-electron chi connectivity index (χ1n) is 6.45. The fourth-order valence-electron chi connectivity index (χ4n) is 2.70. The highest BCUT2D eigenvalue weighted by Gasteiger charge is 2.24. The molecule has 2 atom stereocenters. The Labute approximate surface area is 116 Å².